The molecular weight excluding hydrogens is 611 g/mol. The number of pyridine rings is 1. The van der Waals surface area contributed by atoms with Crippen LogP contribution >= 0.6 is 0 Å². The summed E-state index contributed by atoms with van der Waals surface area (Å²) in [6.07, 6.45) is 10.6. The molecule has 0 saturated heterocycles. The van der Waals surface area contributed by atoms with Crippen molar-refractivity contribution in [2.75, 3.05) is 0 Å². The van der Waals surface area contributed by atoms with Crippen LogP contribution in [0.25, 0.3) is 0 Å². The van der Waals surface area contributed by atoms with Crippen LogP contribution in [0.3, 0.4) is 0 Å². The maximum absolute atomic E-state index is 12.8. The molecule has 3 aromatic rings. The Hall–Kier alpha value is -2.65. The first-order chi connectivity index (χ1) is 20.7. The predicted molar refractivity (Wildman–Crippen MR) is 188 cm³/mol. The van der Waals surface area contributed by atoms with E-state index in [1.165, 1.54) is 30.4 Å². The maximum Gasteiger partial charge on any atom is 2.00 e. The van der Waals surface area contributed by atoms with Crippen molar-refractivity contribution in [1.29, 1.82) is 0 Å². The molecule has 4 rings (SSSR count). The number of aliphatic imine (C=N–C) groups is 1. The van der Waals surface area contributed by atoms with E-state index in [0.717, 1.165) is 41.8 Å². The molecule has 1 aliphatic carbocycles. The average Bonchev–Trinajstić information content (AvgIpc) is 2.93. The van der Waals surface area contributed by atoms with Gasteiger partial charge >= 0.3 is 16.5 Å². The third kappa shape index (κ3) is 10.4. The van der Waals surface area contributed by atoms with E-state index in [-0.39, 0.29) is 49.7 Å². The van der Waals surface area contributed by atoms with Gasteiger partial charge in [0.2, 0.25) is 0 Å². The van der Waals surface area contributed by atoms with Gasteiger partial charge in [0, 0.05) is 24.5 Å². The van der Waals surface area contributed by atoms with Gasteiger partial charge in [-0.05, 0) is 80.9 Å². The number of benzene rings is 2. The first-order valence-electron chi connectivity index (χ1n) is 16.8. The number of hydrogen-bond acceptors (Lipinski definition) is 4. The van der Waals surface area contributed by atoms with Crippen LogP contribution in [0, 0.1) is 0 Å². The van der Waals surface area contributed by atoms with Crippen LogP contribution in [0.5, 0.6) is 11.5 Å². The van der Waals surface area contributed by atoms with Gasteiger partial charge in [-0.1, -0.05) is 132 Å². The average molecular weight is 670 g/mol. The molecule has 1 fully saturated rings. The molecule has 254 valence electrons. The normalized spacial score (nSPS) is 14.9. The van der Waals surface area contributed by atoms with Gasteiger partial charge in [-0.2, -0.15) is 0 Å². The minimum atomic E-state index is -0.294. The van der Waals surface area contributed by atoms with E-state index in [0.29, 0.717) is 11.5 Å². The van der Waals surface area contributed by atoms with Gasteiger partial charge < -0.3 is 10.2 Å². The van der Waals surface area contributed by atoms with Gasteiger partial charge in [0.25, 0.3) is 0 Å². The van der Waals surface area contributed by atoms with Gasteiger partial charge in [-0.25, -0.2) is 0 Å². The van der Waals surface area contributed by atoms with E-state index in [1.54, 1.807) is 0 Å². The zero-order valence-electron chi connectivity index (χ0n) is 30.5. The van der Waals surface area contributed by atoms with Crippen LogP contribution in [0.1, 0.15) is 155 Å². The van der Waals surface area contributed by atoms with Gasteiger partial charge in [0.05, 0.1) is 5.69 Å². The van der Waals surface area contributed by atoms with Gasteiger partial charge in [-0.3, -0.25) is 9.98 Å². The molecule has 2 aromatic carbocycles. The summed E-state index contributed by atoms with van der Waals surface area (Å²) in [7, 11) is 0. The standard InChI is InChI=1S/C21H28N2.C20H32O2.Ni/c1-20(2,3)16-10-11-18(21(4,5)6)19(15-16)23-14-12-17-9-7-8-13-22-17;1-19(2,3)15-12-14(13-10-8-7-9-11-13)16(20(4,5)6)18(22)17(15)21;/h7-11,13-15H,12H2,1-6H3;12-13,21-22H,7-11H2,1-6H3;/q;;+2/p-2. The van der Waals surface area contributed by atoms with Crippen molar-refractivity contribution in [2.45, 2.75) is 149 Å². The van der Waals surface area contributed by atoms with Crippen molar-refractivity contribution in [3.05, 3.63) is 82.2 Å². The smallest absolute Gasteiger partial charge is 0.873 e. The molecule has 0 amide bonds. The molecule has 1 saturated carbocycles. The van der Waals surface area contributed by atoms with Gasteiger partial charge in [-0.15, -0.1) is 11.5 Å². The molecule has 0 bridgehead atoms. The maximum atomic E-state index is 12.8. The summed E-state index contributed by atoms with van der Waals surface area (Å²) in [5.41, 5.74) is 6.95. The van der Waals surface area contributed by atoms with Crippen molar-refractivity contribution in [3.63, 3.8) is 0 Å². The zero-order chi connectivity index (χ0) is 33.8. The number of nitrogens with zero attached hydrogens (tertiary/aromatic N) is 2. The second-order valence-corrected chi connectivity index (χ2v) is 17.0. The van der Waals surface area contributed by atoms with Crippen LogP contribution in [0.15, 0.2) is 53.7 Å². The van der Waals surface area contributed by atoms with Crippen molar-refractivity contribution in [2.24, 2.45) is 4.99 Å². The largest absolute Gasteiger partial charge is 2.00 e. The fraction of sp³-hybridized carbons (Fsp3) is 0.561. The summed E-state index contributed by atoms with van der Waals surface area (Å²) in [5.74, 6) is -0.116. The third-order valence-corrected chi connectivity index (χ3v) is 8.80. The SMILES string of the molecule is CC(C)(C)c1cc(C2CCCCC2)c(C(C)(C)C)c([O-])c1[O-].CC(C)(C)c1ccc(C(C)(C)C)c(N=CCc2ccccn2)c1.[Ni+2]. The van der Waals surface area contributed by atoms with E-state index in [2.05, 4.69) is 70.8 Å². The van der Waals surface area contributed by atoms with E-state index in [1.807, 2.05) is 72.2 Å². The molecule has 0 spiro atoms. The summed E-state index contributed by atoms with van der Waals surface area (Å²) < 4.78 is 0. The Kier molecular flexibility index (Phi) is 13.3. The van der Waals surface area contributed by atoms with E-state index in [9.17, 15) is 10.2 Å². The quantitative estimate of drug-likeness (QED) is 0.205. The van der Waals surface area contributed by atoms with E-state index < -0.39 is 0 Å². The molecule has 46 heavy (non-hydrogen) atoms. The molecule has 0 unspecified atom stereocenters. The molecule has 0 radical (unpaired) electrons. The Labute approximate surface area is 290 Å². The minimum Gasteiger partial charge on any atom is -0.873 e. The molecule has 1 heterocycles. The Balaban J connectivity index is 0.000000314. The second-order valence-electron chi connectivity index (χ2n) is 17.0. The monoisotopic (exact) mass is 668 g/mol. The number of rotatable bonds is 4. The Morgan fingerprint density at radius 1 is 0.717 bits per heavy atom. The summed E-state index contributed by atoms with van der Waals surface area (Å²) in [6, 6.07) is 14.7. The van der Waals surface area contributed by atoms with Gasteiger partial charge in [0.1, 0.15) is 0 Å². The first-order valence-corrected chi connectivity index (χ1v) is 16.8. The first kappa shape index (κ1) is 39.5. The number of hydrogen-bond donors (Lipinski definition) is 0. The second kappa shape index (κ2) is 15.5. The fourth-order valence-corrected chi connectivity index (χ4v) is 6.22. The molecular formula is C41H58N2NiO2. The Bertz CT molecular complexity index is 1440. The van der Waals surface area contributed by atoms with Crippen molar-refractivity contribution in [3.8, 4) is 11.5 Å². The molecule has 1 aromatic heterocycles. The summed E-state index contributed by atoms with van der Waals surface area (Å²) in [5, 5.41) is 25.4. The summed E-state index contributed by atoms with van der Waals surface area (Å²) in [6.45, 7) is 25.6. The van der Waals surface area contributed by atoms with Crippen LogP contribution in [-0.4, -0.2) is 11.2 Å². The number of aromatic nitrogens is 1. The van der Waals surface area contributed by atoms with Crippen LogP contribution in [0.4, 0.5) is 5.69 Å². The van der Waals surface area contributed by atoms with Crippen molar-refractivity contribution < 1.29 is 26.7 Å². The molecule has 0 atom stereocenters. The van der Waals surface area contributed by atoms with Crippen LogP contribution in [-0.2, 0) is 44.6 Å². The molecule has 4 nitrogen and oxygen atoms in total. The summed E-state index contributed by atoms with van der Waals surface area (Å²) in [4.78, 5) is 9.12. The van der Waals surface area contributed by atoms with Crippen molar-refractivity contribution >= 4 is 11.9 Å². The molecule has 0 N–H and O–H groups in total. The Morgan fingerprint density at radius 3 is 1.83 bits per heavy atom. The van der Waals surface area contributed by atoms with Gasteiger partial charge in [0.15, 0.2) is 0 Å². The molecule has 5 heteroatoms. The van der Waals surface area contributed by atoms with Crippen LogP contribution in [0.2, 0.25) is 0 Å². The molecule has 1 aliphatic rings. The Morgan fingerprint density at radius 2 is 1.33 bits per heavy atom. The zero-order valence-corrected chi connectivity index (χ0v) is 31.5. The minimum absolute atomic E-state index is 0. The van der Waals surface area contributed by atoms with Crippen molar-refractivity contribution in [1.82, 2.24) is 4.98 Å². The van der Waals surface area contributed by atoms with E-state index >= 15 is 0 Å². The molecule has 0 aliphatic heterocycles. The predicted octanol–water partition coefficient (Wildman–Crippen LogP) is 10.1. The summed E-state index contributed by atoms with van der Waals surface area (Å²) >= 11 is 0. The van der Waals surface area contributed by atoms with E-state index in [4.69, 9.17) is 4.99 Å². The third-order valence-electron chi connectivity index (χ3n) is 8.80. The van der Waals surface area contributed by atoms with Crippen LogP contribution < -0.4 is 10.2 Å². The fourth-order valence-electron chi connectivity index (χ4n) is 6.22. The topological polar surface area (TPSA) is 71.4 Å².